The first-order valence-corrected chi connectivity index (χ1v) is 11.9. The second-order valence-corrected chi connectivity index (χ2v) is 9.52. The van der Waals surface area contributed by atoms with E-state index in [1.54, 1.807) is 12.1 Å². The molecule has 0 amide bonds. The minimum absolute atomic E-state index is 0.0731. The quantitative estimate of drug-likeness (QED) is 0.525. The third-order valence-corrected chi connectivity index (χ3v) is 6.88. The van der Waals surface area contributed by atoms with E-state index in [0.717, 1.165) is 47.8 Å². The van der Waals surface area contributed by atoms with Crippen molar-refractivity contribution in [1.82, 2.24) is 10.6 Å². The lowest BCUT2D eigenvalue weighted by Crippen LogP contribution is -2.38. The second kappa shape index (κ2) is 9.61. The largest absolute Gasteiger partial charge is 0.321 e. The third-order valence-electron chi connectivity index (χ3n) is 5.99. The van der Waals surface area contributed by atoms with Gasteiger partial charge in [-0.15, -0.1) is 0 Å². The molecule has 2 unspecified atom stereocenters. The molecular formula is C25H22Cl3FN4. The van der Waals surface area contributed by atoms with Crippen LogP contribution in [0.4, 0.5) is 10.1 Å². The minimum Gasteiger partial charge on any atom is -0.321 e. The molecule has 0 aromatic heterocycles. The summed E-state index contributed by atoms with van der Waals surface area (Å²) in [7, 11) is 0. The molecule has 0 bridgehead atoms. The van der Waals surface area contributed by atoms with Crippen molar-refractivity contribution in [3.8, 4) is 0 Å². The van der Waals surface area contributed by atoms with E-state index < -0.39 is 12.0 Å². The van der Waals surface area contributed by atoms with Crippen LogP contribution in [0.1, 0.15) is 23.7 Å². The molecule has 5 rings (SSSR count). The van der Waals surface area contributed by atoms with Gasteiger partial charge in [-0.25, -0.2) is 4.39 Å². The van der Waals surface area contributed by atoms with Crippen molar-refractivity contribution in [1.29, 1.82) is 0 Å². The summed E-state index contributed by atoms with van der Waals surface area (Å²) >= 11 is 18.8. The fourth-order valence-corrected chi connectivity index (χ4v) is 4.72. The normalized spacial score (nSPS) is 19.7. The number of nitrogens with one attached hydrogen (secondary N) is 2. The van der Waals surface area contributed by atoms with Gasteiger partial charge < -0.3 is 15.5 Å². The number of nitrogens with zero attached hydrogens (tertiary/aromatic N) is 2. The fourth-order valence-electron chi connectivity index (χ4n) is 4.23. The highest BCUT2D eigenvalue weighted by molar-refractivity contribution is 6.31. The van der Waals surface area contributed by atoms with E-state index in [-0.39, 0.29) is 5.02 Å². The van der Waals surface area contributed by atoms with Gasteiger partial charge in [0.15, 0.2) is 6.17 Å². The van der Waals surface area contributed by atoms with E-state index >= 15 is 0 Å². The van der Waals surface area contributed by atoms with Crippen LogP contribution in [0.2, 0.25) is 15.1 Å². The molecule has 0 aliphatic carbocycles. The Bertz CT molecular complexity index is 1310. The predicted molar refractivity (Wildman–Crippen MR) is 133 cm³/mol. The zero-order valence-corrected chi connectivity index (χ0v) is 19.9. The van der Waals surface area contributed by atoms with Crippen LogP contribution in [0.25, 0.3) is 6.20 Å². The third kappa shape index (κ3) is 4.88. The first-order chi connectivity index (χ1) is 16.0. The molecule has 170 valence electrons. The molecule has 1 saturated heterocycles. The summed E-state index contributed by atoms with van der Waals surface area (Å²) in [6.07, 6.45) is 2.57. The van der Waals surface area contributed by atoms with Crippen LogP contribution in [-0.2, 0) is 6.54 Å². The summed E-state index contributed by atoms with van der Waals surface area (Å²) in [5.41, 5.74) is 2.57. The Balaban J connectivity index is 1.57. The van der Waals surface area contributed by atoms with Crippen molar-refractivity contribution in [3.63, 3.8) is 0 Å². The Hall–Kier alpha value is -2.15. The molecule has 2 atom stereocenters. The SMILES string of the molecule is Fc1cc(N2C=c3ccc(Cl)cc3=NC2c2cc(CNC3CCNC3)ccc2Cl)ccc1Cl. The van der Waals surface area contributed by atoms with E-state index in [4.69, 9.17) is 39.8 Å². The molecule has 8 heteroatoms. The number of rotatable bonds is 5. The van der Waals surface area contributed by atoms with E-state index in [0.29, 0.717) is 21.8 Å². The van der Waals surface area contributed by atoms with Gasteiger partial charge in [0.1, 0.15) is 5.82 Å². The highest BCUT2D eigenvalue weighted by Gasteiger charge is 2.25. The van der Waals surface area contributed by atoms with Gasteiger partial charge in [-0.3, -0.25) is 4.99 Å². The highest BCUT2D eigenvalue weighted by Crippen LogP contribution is 2.35. The number of benzene rings is 3. The molecule has 2 aliphatic rings. The maximum absolute atomic E-state index is 14.3. The Labute approximate surface area is 206 Å². The maximum atomic E-state index is 14.3. The predicted octanol–water partition coefficient (Wildman–Crippen LogP) is 4.81. The second-order valence-electron chi connectivity index (χ2n) is 8.27. The Morgan fingerprint density at radius 3 is 2.67 bits per heavy atom. The van der Waals surface area contributed by atoms with Gasteiger partial charge in [0.25, 0.3) is 0 Å². The standard InChI is InChI=1S/C25H22Cl3FN4/c26-17-3-2-16-14-33(19-4-6-22(28)23(29)11-19)25(32-24(16)10-17)20-9-15(1-5-21(20)27)12-31-18-7-8-30-13-18/h1-6,9-11,14,18,25,30-31H,7-8,12-13H2. The van der Waals surface area contributed by atoms with Crippen LogP contribution in [0.5, 0.6) is 0 Å². The summed E-state index contributed by atoms with van der Waals surface area (Å²) < 4.78 is 14.3. The van der Waals surface area contributed by atoms with Gasteiger partial charge in [0.2, 0.25) is 0 Å². The molecule has 2 heterocycles. The summed E-state index contributed by atoms with van der Waals surface area (Å²) in [5, 5.41) is 9.86. The molecule has 4 nitrogen and oxygen atoms in total. The molecule has 0 saturated carbocycles. The fraction of sp³-hybridized carbons (Fsp3) is 0.240. The lowest BCUT2D eigenvalue weighted by molar-refractivity contribution is 0.547. The van der Waals surface area contributed by atoms with Crippen LogP contribution in [-0.4, -0.2) is 19.1 Å². The Morgan fingerprint density at radius 2 is 1.88 bits per heavy atom. The van der Waals surface area contributed by atoms with Crippen LogP contribution < -0.4 is 26.1 Å². The maximum Gasteiger partial charge on any atom is 0.153 e. The molecule has 0 spiro atoms. The van der Waals surface area contributed by atoms with Crippen molar-refractivity contribution in [2.75, 3.05) is 18.0 Å². The lowest BCUT2D eigenvalue weighted by Gasteiger charge is -2.31. The van der Waals surface area contributed by atoms with Gasteiger partial charge in [-0.05, 0) is 67.1 Å². The van der Waals surface area contributed by atoms with E-state index in [2.05, 4.69) is 16.7 Å². The van der Waals surface area contributed by atoms with Gasteiger partial charge >= 0.3 is 0 Å². The highest BCUT2D eigenvalue weighted by atomic mass is 35.5. The molecule has 2 N–H and O–H groups in total. The van der Waals surface area contributed by atoms with E-state index in [1.807, 2.05) is 41.4 Å². The number of halogens is 4. The number of hydrogen-bond donors (Lipinski definition) is 2. The van der Waals surface area contributed by atoms with Gasteiger partial charge in [0, 0.05) is 51.8 Å². The molecule has 1 fully saturated rings. The van der Waals surface area contributed by atoms with Gasteiger partial charge in [-0.2, -0.15) is 0 Å². The molecule has 3 aromatic carbocycles. The molecule has 33 heavy (non-hydrogen) atoms. The summed E-state index contributed by atoms with van der Waals surface area (Å²) in [5.74, 6) is -0.488. The van der Waals surface area contributed by atoms with Crippen molar-refractivity contribution in [3.05, 3.63) is 97.2 Å². The first kappa shape index (κ1) is 22.6. The smallest absolute Gasteiger partial charge is 0.153 e. The summed E-state index contributed by atoms with van der Waals surface area (Å²) in [4.78, 5) is 6.88. The zero-order chi connectivity index (χ0) is 22.9. The van der Waals surface area contributed by atoms with E-state index in [9.17, 15) is 4.39 Å². The van der Waals surface area contributed by atoms with Gasteiger partial charge in [0.05, 0.1) is 10.4 Å². The number of hydrogen-bond acceptors (Lipinski definition) is 4. The van der Waals surface area contributed by atoms with Crippen LogP contribution in [0.15, 0.2) is 59.6 Å². The van der Waals surface area contributed by atoms with Crippen molar-refractivity contribution in [2.24, 2.45) is 4.99 Å². The first-order valence-electron chi connectivity index (χ1n) is 10.8. The molecular weight excluding hydrogens is 482 g/mol. The topological polar surface area (TPSA) is 39.7 Å². The number of fused-ring (bicyclic) bond motifs is 1. The Kier molecular flexibility index (Phi) is 6.59. The van der Waals surface area contributed by atoms with Crippen molar-refractivity contribution in [2.45, 2.75) is 25.2 Å². The van der Waals surface area contributed by atoms with Crippen molar-refractivity contribution >= 4 is 46.7 Å². The van der Waals surface area contributed by atoms with Crippen LogP contribution in [0, 0.1) is 5.82 Å². The Morgan fingerprint density at radius 1 is 1.03 bits per heavy atom. The summed E-state index contributed by atoms with van der Waals surface area (Å²) in [6.45, 7) is 2.74. The average molecular weight is 504 g/mol. The van der Waals surface area contributed by atoms with E-state index in [1.165, 1.54) is 6.07 Å². The summed E-state index contributed by atoms with van der Waals surface area (Å²) in [6, 6.07) is 16.7. The molecule has 2 aliphatic heterocycles. The minimum atomic E-state index is -0.489. The molecule has 0 radical (unpaired) electrons. The van der Waals surface area contributed by atoms with Crippen LogP contribution >= 0.6 is 34.8 Å². The number of anilines is 1. The zero-order valence-electron chi connectivity index (χ0n) is 17.7. The monoisotopic (exact) mass is 502 g/mol. The van der Waals surface area contributed by atoms with Crippen molar-refractivity contribution < 1.29 is 4.39 Å². The van der Waals surface area contributed by atoms with Gasteiger partial charge in [-0.1, -0.05) is 40.9 Å². The van der Waals surface area contributed by atoms with Crippen LogP contribution in [0.3, 0.4) is 0 Å². The average Bonchev–Trinajstić information content (AvgIpc) is 3.33. The lowest BCUT2D eigenvalue weighted by atomic mass is 10.1. The molecule has 3 aromatic rings.